The number of carbonyl (C=O) groups excluding carboxylic acids is 1. The number of piperidine rings is 1. The van der Waals surface area contributed by atoms with Crippen molar-refractivity contribution >= 4 is 11.7 Å². The Morgan fingerprint density at radius 3 is 2.89 bits per heavy atom. The fourth-order valence-corrected chi connectivity index (χ4v) is 2.03. The first-order valence-corrected chi connectivity index (χ1v) is 6.32. The van der Waals surface area contributed by atoms with Crippen LogP contribution in [-0.4, -0.2) is 44.1 Å². The molecule has 1 aliphatic heterocycles. The van der Waals surface area contributed by atoms with Crippen molar-refractivity contribution in [3.63, 3.8) is 0 Å². The molecule has 1 amide bonds. The SMILES string of the molecule is CN(C)c1ccc(C(=O)N[C@H]2CCCNC2)cn1. The van der Waals surface area contributed by atoms with Gasteiger partial charge in [-0.1, -0.05) is 0 Å². The van der Waals surface area contributed by atoms with Gasteiger partial charge >= 0.3 is 0 Å². The molecule has 0 saturated carbocycles. The Bertz CT molecular complexity index is 396. The molecule has 0 aromatic carbocycles. The topological polar surface area (TPSA) is 57.3 Å². The van der Waals surface area contributed by atoms with Crippen molar-refractivity contribution in [1.82, 2.24) is 15.6 Å². The van der Waals surface area contributed by atoms with Crippen molar-refractivity contribution in [2.24, 2.45) is 0 Å². The molecule has 1 aliphatic rings. The molecule has 1 aromatic heterocycles. The zero-order chi connectivity index (χ0) is 13.0. The molecule has 0 spiro atoms. The highest BCUT2D eigenvalue weighted by molar-refractivity contribution is 5.94. The van der Waals surface area contributed by atoms with E-state index in [-0.39, 0.29) is 11.9 Å². The van der Waals surface area contributed by atoms with Crippen LogP contribution in [0, 0.1) is 0 Å². The van der Waals surface area contributed by atoms with Gasteiger partial charge in [0.15, 0.2) is 0 Å². The van der Waals surface area contributed by atoms with E-state index in [1.54, 1.807) is 6.20 Å². The summed E-state index contributed by atoms with van der Waals surface area (Å²) in [6.45, 7) is 1.90. The van der Waals surface area contributed by atoms with Crippen LogP contribution in [0.25, 0.3) is 0 Å². The van der Waals surface area contributed by atoms with E-state index >= 15 is 0 Å². The summed E-state index contributed by atoms with van der Waals surface area (Å²) in [7, 11) is 3.85. The van der Waals surface area contributed by atoms with Crippen molar-refractivity contribution in [2.75, 3.05) is 32.1 Å². The van der Waals surface area contributed by atoms with Crippen LogP contribution in [0.3, 0.4) is 0 Å². The van der Waals surface area contributed by atoms with Crippen LogP contribution in [0.4, 0.5) is 5.82 Å². The predicted molar refractivity (Wildman–Crippen MR) is 71.9 cm³/mol. The lowest BCUT2D eigenvalue weighted by atomic mass is 10.1. The van der Waals surface area contributed by atoms with E-state index in [4.69, 9.17) is 0 Å². The zero-order valence-electron chi connectivity index (χ0n) is 10.9. The van der Waals surface area contributed by atoms with E-state index in [1.165, 1.54) is 0 Å². The number of hydrogen-bond donors (Lipinski definition) is 2. The molecular formula is C13H20N4O. The Morgan fingerprint density at radius 1 is 1.50 bits per heavy atom. The van der Waals surface area contributed by atoms with Crippen LogP contribution in [0.15, 0.2) is 18.3 Å². The Morgan fingerprint density at radius 2 is 2.33 bits per heavy atom. The minimum atomic E-state index is -0.0403. The molecule has 0 bridgehead atoms. The molecule has 18 heavy (non-hydrogen) atoms. The summed E-state index contributed by atoms with van der Waals surface area (Å²) in [5.74, 6) is 0.812. The molecule has 2 heterocycles. The summed E-state index contributed by atoms with van der Waals surface area (Å²) >= 11 is 0. The lowest BCUT2D eigenvalue weighted by molar-refractivity contribution is 0.0930. The first-order chi connectivity index (χ1) is 8.66. The third kappa shape index (κ3) is 3.20. The van der Waals surface area contributed by atoms with E-state index in [2.05, 4.69) is 15.6 Å². The molecule has 1 atom stereocenters. The van der Waals surface area contributed by atoms with Gasteiger partial charge in [0.1, 0.15) is 5.82 Å². The van der Waals surface area contributed by atoms with Gasteiger partial charge in [-0.15, -0.1) is 0 Å². The average molecular weight is 248 g/mol. The van der Waals surface area contributed by atoms with Gasteiger partial charge in [-0.05, 0) is 31.5 Å². The van der Waals surface area contributed by atoms with Crippen LogP contribution in [0.5, 0.6) is 0 Å². The molecule has 2 N–H and O–H groups in total. The second-order valence-corrected chi connectivity index (χ2v) is 4.82. The maximum Gasteiger partial charge on any atom is 0.253 e. The van der Waals surface area contributed by atoms with Crippen LogP contribution < -0.4 is 15.5 Å². The summed E-state index contributed by atoms with van der Waals surface area (Å²) in [6.07, 6.45) is 3.78. The van der Waals surface area contributed by atoms with Gasteiger partial charge in [0.2, 0.25) is 0 Å². The number of amides is 1. The Hall–Kier alpha value is -1.62. The second kappa shape index (κ2) is 5.82. The molecule has 98 valence electrons. The first kappa shape index (κ1) is 12.8. The fourth-order valence-electron chi connectivity index (χ4n) is 2.03. The molecular weight excluding hydrogens is 228 g/mol. The highest BCUT2D eigenvalue weighted by Crippen LogP contribution is 2.09. The molecule has 0 unspecified atom stereocenters. The summed E-state index contributed by atoms with van der Waals surface area (Å²) in [6, 6.07) is 3.90. The highest BCUT2D eigenvalue weighted by Gasteiger charge is 2.16. The van der Waals surface area contributed by atoms with Gasteiger partial charge in [0.05, 0.1) is 5.56 Å². The molecule has 1 saturated heterocycles. The molecule has 0 radical (unpaired) electrons. The Labute approximate surface area is 108 Å². The van der Waals surface area contributed by atoms with Crippen LogP contribution >= 0.6 is 0 Å². The second-order valence-electron chi connectivity index (χ2n) is 4.82. The van der Waals surface area contributed by atoms with Crippen LogP contribution in [0.1, 0.15) is 23.2 Å². The minimum Gasteiger partial charge on any atom is -0.363 e. The summed E-state index contributed by atoms with van der Waals surface area (Å²) < 4.78 is 0. The number of anilines is 1. The number of hydrogen-bond acceptors (Lipinski definition) is 4. The predicted octanol–water partition coefficient (Wildman–Crippen LogP) is 0.629. The van der Waals surface area contributed by atoms with Crippen molar-refractivity contribution in [3.8, 4) is 0 Å². The van der Waals surface area contributed by atoms with Gasteiger partial charge in [-0.2, -0.15) is 0 Å². The Balaban J connectivity index is 1.95. The minimum absolute atomic E-state index is 0.0403. The van der Waals surface area contributed by atoms with E-state index in [0.717, 1.165) is 31.7 Å². The van der Waals surface area contributed by atoms with Gasteiger partial charge in [-0.3, -0.25) is 4.79 Å². The zero-order valence-corrected chi connectivity index (χ0v) is 10.9. The molecule has 1 aromatic rings. The normalized spacial score (nSPS) is 19.3. The third-order valence-corrected chi connectivity index (χ3v) is 3.10. The standard InChI is InChI=1S/C13H20N4O/c1-17(2)12-6-5-10(8-15-12)13(18)16-11-4-3-7-14-9-11/h5-6,8,11,14H,3-4,7,9H2,1-2H3,(H,16,18)/t11-/m0/s1. The number of carbonyl (C=O) groups is 1. The van der Waals surface area contributed by atoms with E-state index in [9.17, 15) is 4.79 Å². The third-order valence-electron chi connectivity index (χ3n) is 3.10. The summed E-state index contributed by atoms with van der Waals surface area (Å²) in [5.41, 5.74) is 0.617. The Kier molecular flexibility index (Phi) is 4.15. The number of pyridine rings is 1. The molecule has 1 fully saturated rings. The van der Waals surface area contributed by atoms with Crippen molar-refractivity contribution in [1.29, 1.82) is 0 Å². The van der Waals surface area contributed by atoms with E-state index in [0.29, 0.717) is 5.56 Å². The average Bonchev–Trinajstić information content (AvgIpc) is 2.40. The lowest BCUT2D eigenvalue weighted by Gasteiger charge is -2.23. The maximum absolute atomic E-state index is 12.0. The van der Waals surface area contributed by atoms with Crippen molar-refractivity contribution < 1.29 is 4.79 Å². The van der Waals surface area contributed by atoms with Gasteiger partial charge < -0.3 is 15.5 Å². The summed E-state index contributed by atoms with van der Waals surface area (Å²) in [5, 5.41) is 6.31. The lowest BCUT2D eigenvalue weighted by Crippen LogP contribution is -2.45. The monoisotopic (exact) mass is 248 g/mol. The number of aromatic nitrogens is 1. The van der Waals surface area contributed by atoms with Crippen LogP contribution in [-0.2, 0) is 0 Å². The van der Waals surface area contributed by atoms with Gasteiger partial charge in [-0.25, -0.2) is 4.98 Å². The smallest absolute Gasteiger partial charge is 0.253 e. The molecule has 0 aliphatic carbocycles. The molecule has 2 rings (SSSR count). The number of rotatable bonds is 3. The maximum atomic E-state index is 12.0. The van der Waals surface area contributed by atoms with E-state index in [1.807, 2.05) is 31.1 Å². The first-order valence-electron chi connectivity index (χ1n) is 6.32. The quantitative estimate of drug-likeness (QED) is 0.824. The van der Waals surface area contributed by atoms with Gasteiger partial charge in [0.25, 0.3) is 5.91 Å². The molecule has 5 heteroatoms. The molecule has 5 nitrogen and oxygen atoms in total. The number of nitrogens with zero attached hydrogens (tertiary/aromatic N) is 2. The number of nitrogens with one attached hydrogen (secondary N) is 2. The van der Waals surface area contributed by atoms with Crippen molar-refractivity contribution in [3.05, 3.63) is 23.9 Å². The van der Waals surface area contributed by atoms with E-state index < -0.39 is 0 Å². The fraction of sp³-hybridized carbons (Fsp3) is 0.538. The summed E-state index contributed by atoms with van der Waals surface area (Å²) in [4.78, 5) is 18.2. The largest absolute Gasteiger partial charge is 0.363 e. The van der Waals surface area contributed by atoms with Gasteiger partial charge in [0, 0.05) is 32.9 Å². The van der Waals surface area contributed by atoms with Crippen molar-refractivity contribution in [2.45, 2.75) is 18.9 Å². The van der Waals surface area contributed by atoms with Crippen LogP contribution in [0.2, 0.25) is 0 Å². The highest BCUT2D eigenvalue weighted by atomic mass is 16.1.